The lowest BCUT2D eigenvalue weighted by atomic mass is 9.99. The van der Waals surface area contributed by atoms with E-state index in [0.717, 1.165) is 30.4 Å². The number of oxazole rings is 1. The van der Waals surface area contributed by atoms with Gasteiger partial charge in [0.25, 0.3) is 0 Å². The first kappa shape index (κ1) is 21.9. The molecule has 4 rings (SSSR count). The molecule has 0 bridgehead atoms. The van der Waals surface area contributed by atoms with Crippen LogP contribution in [0.4, 0.5) is 5.88 Å². The normalized spacial score (nSPS) is 15.3. The van der Waals surface area contributed by atoms with E-state index in [2.05, 4.69) is 27.8 Å². The number of halogens is 1. The molecule has 3 aromatic rings. The number of aromatic nitrogens is 1. The Hall–Kier alpha value is -2.32. The van der Waals surface area contributed by atoms with Crippen LogP contribution in [0.15, 0.2) is 67.3 Å². The van der Waals surface area contributed by atoms with Gasteiger partial charge in [-0.3, -0.25) is 0 Å². The van der Waals surface area contributed by atoms with E-state index in [4.69, 9.17) is 9.15 Å². The molecule has 6 nitrogen and oxygen atoms in total. The summed E-state index contributed by atoms with van der Waals surface area (Å²) in [6.07, 6.45) is 1.96. The molecule has 164 valence electrons. The third-order valence-corrected chi connectivity index (χ3v) is 7.81. The second-order valence-corrected chi connectivity index (χ2v) is 10.4. The summed E-state index contributed by atoms with van der Waals surface area (Å²) < 4.78 is 39.5. The highest BCUT2D eigenvalue weighted by atomic mass is 79.9. The highest BCUT2D eigenvalue weighted by Crippen LogP contribution is 2.38. The fourth-order valence-corrected chi connectivity index (χ4v) is 5.40. The Morgan fingerprint density at radius 1 is 1.13 bits per heavy atom. The number of sulfone groups is 1. The van der Waals surface area contributed by atoms with E-state index in [1.807, 2.05) is 36.1 Å². The molecule has 1 saturated heterocycles. The van der Waals surface area contributed by atoms with Gasteiger partial charge in [0.05, 0.1) is 17.1 Å². The molecule has 0 unspecified atom stereocenters. The molecule has 8 heteroatoms. The number of ether oxygens (including phenoxy) is 1. The summed E-state index contributed by atoms with van der Waals surface area (Å²) in [5.41, 5.74) is 0.710. The Balaban J connectivity index is 1.80. The smallest absolute Gasteiger partial charge is 0.236 e. The van der Waals surface area contributed by atoms with Gasteiger partial charge in [-0.15, -0.1) is 0 Å². The Kier molecular flexibility index (Phi) is 6.39. The predicted octanol–water partition coefficient (Wildman–Crippen LogP) is 5.57. The molecule has 0 saturated carbocycles. The Bertz CT molecular complexity index is 1150. The number of rotatable bonds is 6. The van der Waals surface area contributed by atoms with Gasteiger partial charge in [0, 0.05) is 17.6 Å². The van der Waals surface area contributed by atoms with Crippen LogP contribution < -0.4 is 9.64 Å². The number of benzene rings is 2. The first-order chi connectivity index (χ1) is 14.9. The van der Waals surface area contributed by atoms with Crippen molar-refractivity contribution in [3.8, 4) is 17.2 Å². The number of piperidine rings is 1. The van der Waals surface area contributed by atoms with Crippen molar-refractivity contribution in [3.05, 3.63) is 53.0 Å². The molecule has 2 aromatic carbocycles. The predicted molar refractivity (Wildman–Crippen MR) is 123 cm³/mol. The summed E-state index contributed by atoms with van der Waals surface area (Å²) in [7, 11) is -3.88. The van der Waals surface area contributed by atoms with Crippen molar-refractivity contribution >= 4 is 31.7 Å². The maximum Gasteiger partial charge on any atom is 0.236 e. The fourth-order valence-electron chi connectivity index (χ4n) is 3.63. The van der Waals surface area contributed by atoms with Crippen LogP contribution in [0, 0.1) is 5.92 Å². The van der Waals surface area contributed by atoms with Gasteiger partial charge in [-0.2, -0.15) is 4.98 Å². The molecule has 1 aliphatic heterocycles. The zero-order valence-corrected chi connectivity index (χ0v) is 19.9. The zero-order valence-electron chi connectivity index (χ0n) is 17.5. The standard InChI is InChI=1S/C23H25BrN2O4S/c1-3-29-17-8-10-18(11-9-17)31(27,28)22-23(26-14-12-16(2)13-15-26)30-21(25-22)19-6-4-5-7-20(19)24/h4-11,16H,3,12-15H2,1-2H3. The van der Waals surface area contributed by atoms with Gasteiger partial charge < -0.3 is 14.1 Å². The maximum atomic E-state index is 13.6. The van der Waals surface area contributed by atoms with Gasteiger partial charge in [0.2, 0.25) is 26.6 Å². The summed E-state index contributed by atoms with van der Waals surface area (Å²) in [5.74, 6) is 1.82. The van der Waals surface area contributed by atoms with Crippen molar-refractivity contribution in [2.45, 2.75) is 36.6 Å². The van der Waals surface area contributed by atoms with Crippen LogP contribution in [-0.4, -0.2) is 33.1 Å². The topological polar surface area (TPSA) is 72.6 Å². The van der Waals surface area contributed by atoms with Crippen LogP contribution in [0.25, 0.3) is 11.5 Å². The molecule has 1 aliphatic rings. The molecule has 0 radical (unpaired) electrons. The molecule has 0 N–H and O–H groups in total. The minimum absolute atomic E-state index is 0.0445. The first-order valence-corrected chi connectivity index (χ1v) is 12.7. The molecular formula is C23H25BrN2O4S. The lowest BCUT2D eigenvalue weighted by Crippen LogP contribution is -2.33. The van der Waals surface area contributed by atoms with E-state index < -0.39 is 9.84 Å². The first-order valence-electron chi connectivity index (χ1n) is 10.4. The maximum absolute atomic E-state index is 13.6. The lowest BCUT2D eigenvalue weighted by molar-refractivity contribution is 0.340. The van der Waals surface area contributed by atoms with Crippen molar-refractivity contribution in [1.82, 2.24) is 4.98 Å². The molecule has 0 spiro atoms. The van der Waals surface area contributed by atoms with Gasteiger partial charge in [-0.25, -0.2) is 8.42 Å². The van der Waals surface area contributed by atoms with Crippen molar-refractivity contribution in [1.29, 1.82) is 0 Å². The van der Waals surface area contributed by atoms with E-state index in [9.17, 15) is 8.42 Å². The zero-order chi connectivity index (χ0) is 22.0. The van der Waals surface area contributed by atoms with Crippen LogP contribution in [0.1, 0.15) is 26.7 Å². The Morgan fingerprint density at radius 3 is 2.45 bits per heavy atom. The van der Waals surface area contributed by atoms with Crippen LogP contribution >= 0.6 is 15.9 Å². The number of anilines is 1. The monoisotopic (exact) mass is 504 g/mol. The fraction of sp³-hybridized carbons (Fsp3) is 0.348. The van der Waals surface area contributed by atoms with Crippen molar-refractivity contribution in [2.75, 3.05) is 24.6 Å². The third kappa shape index (κ3) is 4.50. The minimum atomic E-state index is -3.88. The average Bonchev–Trinajstić information content (AvgIpc) is 3.21. The highest BCUT2D eigenvalue weighted by molar-refractivity contribution is 9.10. The second-order valence-electron chi connectivity index (χ2n) is 7.69. The van der Waals surface area contributed by atoms with Gasteiger partial charge in [0.15, 0.2) is 0 Å². The highest BCUT2D eigenvalue weighted by Gasteiger charge is 2.33. The Labute approximate surface area is 191 Å². The van der Waals surface area contributed by atoms with Crippen LogP contribution in [0.2, 0.25) is 0 Å². The molecule has 0 aliphatic carbocycles. The van der Waals surface area contributed by atoms with Gasteiger partial charge >= 0.3 is 0 Å². The van der Waals surface area contributed by atoms with Crippen molar-refractivity contribution in [3.63, 3.8) is 0 Å². The average molecular weight is 505 g/mol. The second kappa shape index (κ2) is 9.04. The molecule has 0 atom stereocenters. The van der Waals surface area contributed by atoms with Crippen molar-refractivity contribution in [2.24, 2.45) is 5.92 Å². The number of hydrogen-bond acceptors (Lipinski definition) is 6. The van der Waals surface area contributed by atoms with E-state index in [-0.39, 0.29) is 15.8 Å². The summed E-state index contributed by atoms with van der Waals surface area (Å²) in [4.78, 5) is 6.64. The lowest BCUT2D eigenvalue weighted by Gasteiger charge is -2.30. The minimum Gasteiger partial charge on any atom is -0.494 e. The van der Waals surface area contributed by atoms with E-state index >= 15 is 0 Å². The van der Waals surface area contributed by atoms with E-state index in [0.29, 0.717) is 29.7 Å². The summed E-state index contributed by atoms with van der Waals surface area (Å²) in [5, 5.41) is -0.0445. The van der Waals surface area contributed by atoms with E-state index in [1.165, 1.54) is 0 Å². The number of hydrogen-bond donors (Lipinski definition) is 0. The number of nitrogens with zero attached hydrogens (tertiary/aromatic N) is 2. The quantitative estimate of drug-likeness (QED) is 0.436. The van der Waals surface area contributed by atoms with Gasteiger partial charge in [0.1, 0.15) is 5.75 Å². The third-order valence-electron chi connectivity index (χ3n) is 5.45. The molecule has 31 heavy (non-hydrogen) atoms. The van der Waals surface area contributed by atoms with Gasteiger partial charge in [-0.1, -0.05) is 19.1 Å². The van der Waals surface area contributed by atoms with Crippen molar-refractivity contribution < 1.29 is 17.6 Å². The summed E-state index contributed by atoms with van der Waals surface area (Å²) in [6.45, 7) is 6.08. The molecule has 0 amide bonds. The molecular weight excluding hydrogens is 480 g/mol. The van der Waals surface area contributed by atoms with Crippen LogP contribution in [0.5, 0.6) is 5.75 Å². The van der Waals surface area contributed by atoms with Gasteiger partial charge in [-0.05, 0) is 78.0 Å². The van der Waals surface area contributed by atoms with Crippen LogP contribution in [0.3, 0.4) is 0 Å². The SMILES string of the molecule is CCOc1ccc(S(=O)(=O)c2nc(-c3ccccc3Br)oc2N2CCC(C)CC2)cc1. The van der Waals surface area contributed by atoms with E-state index in [1.54, 1.807) is 24.3 Å². The van der Waals surface area contributed by atoms with Crippen LogP contribution in [-0.2, 0) is 9.84 Å². The molecule has 1 aromatic heterocycles. The largest absolute Gasteiger partial charge is 0.494 e. The molecule has 2 heterocycles. The molecule has 1 fully saturated rings. The summed E-state index contributed by atoms with van der Waals surface area (Å²) in [6, 6.07) is 13.9. The Morgan fingerprint density at radius 2 is 1.81 bits per heavy atom. The summed E-state index contributed by atoms with van der Waals surface area (Å²) >= 11 is 3.51.